The second-order valence-corrected chi connectivity index (χ2v) is 6.11. The van der Waals surface area contributed by atoms with E-state index >= 15 is 0 Å². The molecule has 2 heterocycles. The van der Waals surface area contributed by atoms with E-state index in [-0.39, 0.29) is 18.2 Å². The van der Waals surface area contributed by atoms with Gasteiger partial charge in [-0.2, -0.15) is 5.10 Å². The van der Waals surface area contributed by atoms with Crippen LogP contribution in [0.15, 0.2) is 42.7 Å². The molecule has 0 bridgehead atoms. The Kier molecular flexibility index (Phi) is 5.29. The van der Waals surface area contributed by atoms with Gasteiger partial charge in [0.05, 0.1) is 11.4 Å². The molecule has 2 N–H and O–H groups in total. The summed E-state index contributed by atoms with van der Waals surface area (Å²) in [6.07, 6.45) is -1.41. The van der Waals surface area contributed by atoms with Gasteiger partial charge in [0.15, 0.2) is 0 Å². The van der Waals surface area contributed by atoms with Crippen LogP contribution in [0, 0.1) is 0 Å². The first-order valence-corrected chi connectivity index (χ1v) is 8.28. The smallest absolute Gasteiger partial charge is 0.405 e. The van der Waals surface area contributed by atoms with Crippen LogP contribution in [-0.4, -0.2) is 26.5 Å². The third-order valence-electron chi connectivity index (χ3n) is 3.78. The number of alkyl halides is 3. The number of ether oxygens (including phenoxy) is 1. The van der Waals surface area contributed by atoms with Gasteiger partial charge in [0.25, 0.3) is 0 Å². The molecule has 3 aromatic rings. The molecule has 0 aliphatic carbocycles. The van der Waals surface area contributed by atoms with Crippen LogP contribution < -0.4 is 10.1 Å². The minimum absolute atomic E-state index is 0.0815. The van der Waals surface area contributed by atoms with Gasteiger partial charge in [-0.25, -0.2) is 9.97 Å². The van der Waals surface area contributed by atoms with Gasteiger partial charge in [-0.3, -0.25) is 5.10 Å². The number of rotatable bonds is 6. The molecule has 3 rings (SSSR count). The van der Waals surface area contributed by atoms with E-state index in [1.165, 1.54) is 12.1 Å². The highest BCUT2D eigenvalue weighted by Crippen LogP contribution is 2.28. The average molecular weight is 377 g/mol. The highest BCUT2D eigenvalue weighted by Gasteiger charge is 2.31. The summed E-state index contributed by atoms with van der Waals surface area (Å²) in [4.78, 5) is 8.56. The quantitative estimate of drug-likeness (QED) is 0.661. The number of aromatic nitrogens is 4. The van der Waals surface area contributed by atoms with Gasteiger partial charge < -0.3 is 10.1 Å². The second kappa shape index (κ2) is 7.65. The zero-order valence-electron chi connectivity index (χ0n) is 14.7. The van der Waals surface area contributed by atoms with E-state index in [0.29, 0.717) is 17.2 Å². The van der Waals surface area contributed by atoms with Gasteiger partial charge in [0, 0.05) is 30.1 Å². The molecule has 1 aromatic carbocycles. The van der Waals surface area contributed by atoms with E-state index in [4.69, 9.17) is 0 Å². The Labute approximate surface area is 153 Å². The van der Waals surface area contributed by atoms with Crippen LogP contribution in [0.2, 0.25) is 0 Å². The van der Waals surface area contributed by atoms with Gasteiger partial charge in [-0.05, 0) is 18.1 Å². The average Bonchev–Trinajstić information content (AvgIpc) is 3.10. The van der Waals surface area contributed by atoms with Crippen molar-refractivity contribution >= 4 is 5.95 Å². The minimum Gasteiger partial charge on any atom is -0.405 e. The fourth-order valence-electron chi connectivity index (χ4n) is 2.59. The fourth-order valence-corrected chi connectivity index (χ4v) is 2.59. The number of nitrogens with one attached hydrogen (secondary N) is 2. The molecule has 0 amide bonds. The molecule has 2 aromatic heterocycles. The molecule has 0 spiro atoms. The molecule has 0 saturated carbocycles. The third-order valence-corrected chi connectivity index (χ3v) is 3.78. The van der Waals surface area contributed by atoms with E-state index in [1.807, 2.05) is 13.8 Å². The molecule has 0 saturated heterocycles. The molecule has 6 nitrogen and oxygen atoms in total. The summed E-state index contributed by atoms with van der Waals surface area (Å²) in [5.41, 5.74) is 2.75. The highest BCUT2D eigenvalue weighted by atomic mass is 19.4. The molecule has 27 heavy (non-hydrogen) atoms. The standard InChI is InChI=1S/C18H18F3N5O/c1-11(2)16-13(10-24-26-16)14-7-8-22-17(25-14)23-9-12-5-3-4-6-15(12)27-18(19,20)21/h3-8,10-11H,9H2,1-2H3,(H,24,26)(H,22,23,25). The van der Waals surface area contributed by atoms with E-state index in [2.05, 4.69) is 30.2 Å². The van der Waals surface area contributed by atoms with Crippen molar-refractivity contribution in [3.05, 3.63) is 54.0 Å². The van der Waals surface area contributed by atoms with Crippen molar-refractivity contribution in [3.8, 4) is 17.0 Å². The van der Waals surface area contributed by atoms with Crippen LogP contribution >= 0.6 is 0 Å². The number of H-pyrrole nitrogens is 1. The van der Waals surface area contributed by atoms with Crippen molar-refractivity contribution in [3.63, 3.8) is 0 Å². The van der Waals surface area contributed by atoms with E-state index in [0.717, 1.165) is 11.3 Å². The summed E-state index contributed by atoms with van der Waals surface area (Å²) in [6, 6.07) is 7.68. The van der Waals surface area contributed by atoms with Crippen molar-refractivity contribution in [2.24, 2.45) is 0 Å². The number of para-hydroxylation sites is 1. The number of anilines is 1. The first-order valence-electron chi connectivity index (χ1n) is 8.28. The first-order chi connectivity index (χ1) is 12.8. The van der Waals surface area contributed by atoms with Crippen molar-refractivity contribution in [1.82, 2.24) is 20.2 Å². The number of halogens is 3. The third kappa shape index (κ3) is 4.75. The Morgan fingerprint density at radius 1 is 1.19 bits per heavy atom. The molecular formula is C18H18F3N5O. The maximum Gasteiger partial charge on any atom is 0.573 e. The summed E-state index contributed by atoms with van der Waals surface area (Å²) in [5.74, 6) is 0.250. The minimum atomic E-state index is -4.75. The van der Waals surface area contributed by atoms with Crippen molar-refractivity contribution in [2.45, 2.75) is 32.7 Å². The highest BCUT2D eigenvalue weighted by molar-refractivity contribution is 5.62. The summed E-state index contributed by atoms with van der Waals surface area (Å²) in [7, 11) is 0. The Bertz CT molecular complexity index is 908. The Hall–Kier alpha value is -3.10. The maximum absolute atomic E-state index is 12.5. The van der Waals surface area contributed by atoms with Gasteiger partial charge >= 0.3 is 6.36 Å². The Morgan fingerprint density at radius 2 is 1.96 bits per heavy atom. The lowest BCUT2D eigenvalue weighted by Gasteiger charge is -2.13. The van der Waals surface area contributed by atoms with E-state index < -0.39 is 6.36 Å². The zero-order chi connectivity index (χ0) is 19.4. The molecule has 0 atom stereocenters. The van der Waals surface area contributed by atoms with Gasteiger partial charge in [-0.15, -0.1) is 13.2 Å². The largest absolute Gasteiger partial charge is 0.573 e. The predicted octanol–water partition coefficient (Wildman–Crippen LogP) is 4.50. The first kappa shape index (κ1) is 18.7. The Morgan fingerprint density at radius 3 is 2.70 bits per heavy atom. The Balaban J connectivity index is 1.78. The monoisotopic (exact) mass is 377 g/mol. The number of nitrogens with zero attached hydrogens (tertiary/aromatic N) is 3. The summed E-state index contributed by atoms with van der Waals surface area (Å²) < 4.78 is 41.6. The maximum atomic E-state index is 12.5. The van der Waals surface area contributed by atoms with Gasteiger partial charge in [0.2, 0.25) is 5.95 Å². The van der Waals surface area contributed by atoms with E-state index in [1.54, 1.807) is 30.6 Å². The van der Waals surface area contributed by atoms with Gasteiger partial charge in [0.1, 0.15) is 5.75 Å². The molecular weight excluding hydrogens is 359 g/mol. The van der Waals surface area contributed by atoms with E-state index in [9.17, 15) is 13.2 Å². The lowest BCUT2D eigenvalue weighted by atomic mass is 10.0. The number of hydrogen-bond acceptors (Lipinski definition) is 5. The number of benzene rings is 1. The van der Waals surface area contributed by atoms with Crippen LogP contribution in [0.5, 0.6) is 5.75 Å². The molecule has 0 fully saturated rings. The van der Waals surface area contributed by atoms with Crippen LogP contribution in [0.3, 0.4) is 0 Å². The van der Waals surface area contributed by atoms with Crippen molar-refractivity contribution < 1.29 is 17.9 Å². The summed E-state index contributed by atoms with van der Waals surface area (Å²) in [6.45, 7) is 4.13. The zero-order valence-corrected chi connectivity index (χ0v) is 14.7. The summed E-state index contributed by atoms with van der Waals surface area (Å²) >= 11 is 0. The van der Waals surface area contributed by atoms with Crippen molar-refractivity contribution in [2.75, 3.05) is 5.32 Å². The number of hydrogen-bond donors (Lipinski definition) is 2. The molecule has 0 unspecified atom stereocenters. The fraction of sp³-hybridized carbons (Fsp3) is 0.278. The van der Waals surface area contributed by atoms with Crippen molar-refractivity contribution in [1.29, 1.82) is 0 Å². The topological polar surface area (TPSA) is 75.7 Å². The second-order valence-electron chi connectivity index (χ2n) is 6.11. The van der Waals surface area contributed by atoms with Crippen LogP contribution in [0.25, 0.3) is 11.3 Å². The van der Waals surface area contributed by atoms with Crippen LogP contribution in [-0.2, 0) is 6.54 Å². The number of aromatic amines is 1. The lowest BCUT2D eigenvalue weighted by Crippen LogP contribution is -2.18. The molecule has 0 radical (unpaired) electrons. The molecule has 0 aliphatic rings. The van der Waals surface area contributed by atoms with Crippen LogP contribution in [0.1, 0.15) is 31.0 Å². The SMILES string of the molecule is CC(C)c1n[nH]cc1-c1ccnc(NCc2ccccc2OC(F)(F)F)n1. The predicted molar refractivity (Wildman–Crippen MR) is 94.2 cm³/mol. The molecule has 9 heteroatoms. The summed E-state index contributed by atoms with van der Waals surface area (Å²) in [5, 5.41) is 10.0. The normalized spacial score (nSPS) is 11.6. The molecule has 0 aliphatic heterocycles. The lowest BCUT2D eigenvalue weighted by molar-refractivity contribution is -0.274. The van der Waals surface area contributed by atoms with Gasteiger partial charge in [-0.1, -0.05) is 32.0 Å². The molecule has 142 valence electrons. The van der Waals surface area contributed by atoms with Crippen LogP contribution in [0.4, 0.5) is 19.1 Å².